The summed E-state index contributed by atoms with van der Waals surface area (Å²) < 4.78 is 10.8. The number of amides is 1. The summed E-state index contributed by atoms with van der Waals surface area (Å²) in [7, 11) is 1.64. The second kappa shape index (κ2) is 7.48. The number of carbonyl (C=O) groups excluding carboxylic acids is 1. The highest BCUT2D eigenvalue weighted by Crippen LogP contribution is 2.28. The minimum absolute atomic E-state index is 0.114. The van der Waals surface area contributed by atoms with Crippen LogP contribution in [0.3, 0.4) is 0 Å². The Morgan fingerprint density at radius 1 is 1.18 bits per heavy atom. The van der Waals surface area contributed by atoms with E-state index in [-0.39, 0.29) is 12.3 Å². The van der Waals surface area contributed by atoms with Crippen LogP contribution in [0.2, 0.25) is 0 Å². The van der Waals surface area contributed by atoms with Crippen molar-refractivity contribution in [2.75, 3.05) is 12.4 Å². The third kappa shape index (κ3) is 3.64. The molecular weight excluding hydrogens is 372 g/mol. The molecule has 0 spiro atoms. The number of carbonyl (C=O) groups is 1. The second-order valence-corrected chi connectivity index (χ2v) is 7.54. The van der Waals surface area contributed by atoms with E-state index in [1.165, 1.54) is 22.5 Å². The van der Waals surface area contributed by atoms with Gasteiger partial charge >= 0.3 is 0 Å². The van der Waals surface area contributed by atoms with Gasteiger partial charge in [0.05, 0.1) is 25.5 Å². The van der Waals surface area contributed by atoms with Crippen LogP contribution in [-0.4, -0.2) is 18.0 Å². The first-order valence-electron chi connectivity index (χ1n) is 8.90. The van der Waals surface area contributed by atoms with Gasteiger partial charge in [-0.05, 0) is 61.4 Å². The Morgan fingerprint density at radius 2 is 1.93 bits per heavy atom. The standard InChI is InChI=1S/C22H20N2O3S/c1-13-8-18-16(11-27-20(18)9-14(13)2)10-21(25)24-22-23-19(12-28-22)15-4-6-17(26-3)7-5-15/h4-9,11-12H,10H2,1-3H3,(H,23,24,25). The molecule has 4 rings (SSSR count). The predicted octanol–water partition coefficient (Wildman–Crippen LogP) is 5.36. The van der Waals surface area contributed by atoms with E-state index in [2.05, 4.69) is 23.3 Å². The van der Waals surface area contributed by atoms with Crippen molar-refractivity contribution in [3.05, 3.63) is 64.7 Å². The molecule has 0 fully saturated rings. The summed E-state index contributed by atoms with van der Waals surface area (Å²) in [5, 5.41) is 6.38. The van der Waals surface area contributed by atoms with Crippen molar-refractivity contribution in [3.8, 4) is 17.0 Å². The van der Waals surface area contributed by atoms with Gasteiger partial charge in [0, 0.05) is 21.9 Å². The Labute approximate surface area is 167 Å². The van der Waals surface area contributed by atoms with E-state index in [9.17, 15) is 4.79 Å². The molecule has 5 nitrogen and oxygen atoms in total. The highest BCUT2D eigenvalue weighted by atomic mass is 32.1. The predicted molar refractivity (Wildman–Crippen MR) is 112 cm³/mol. The number of aryl methyl sites for hydroxylation is 2. The average Bonchev–Trinajstić information content (AvgIpc) is 3.30. The minimum atomic E-state index is -0.114. The number of nitrogens with one attached hydrogen (secondary N) is 1. The van der Waals surface area contributed by atoms with E-state index in [0.717, 1.165) is 33.5 Å². The van der Waals surface area contributed by atoms with Crippen LogP contribution in [-0.2, 0) is 11.2 Å². The second-order valence-electron chi connectivity index (χ2n) is 6.68. The van der Waals surface area contributed by atoms with Crippen LogP contribution in [0.4, 0.5) is 5.13 Å². The summed E-state index contributed by atoms with van der Waals surface area (Å²) in [6, 6.07) is 11.8. The van der Waals surface area contributed by atoms with Crippen molar-refractivity contribution >= 4 is 33.3 Å². The third-order valence-electron chi connectivity index (χ3n) is 4.76. The van der Waals surface area contributed by atoms with Crippen LogP contribution >= 0.6 is 11.3 Å². The van der Waals surface area contributed by atoms with E-state index in [0.29, 0.717) is 5.13 Å². The van der Waals surface area contributed by atoms with Crippen LogP contribution in [0, 0.1) is 13.8 Å². The Balaban J connectivity index is 1.47. The van der Waals surface area contributed by atoms with Crippen molar-refractivity contribution in [3.63, 3.8) is 0 Å². The number of ether oxygens (including phenoxy) is 1. The molecule has 0 saturated heterocycles. The lowest BCUT2D eigenvalue weighted by Crippen LogP contribution is -2.14. The van der Waals surface area contributed by atoms with Crippen LogP contribution in [0.1, 0.15) is 16.7 Å². The maximum Gasteiger partial charge on any atom is 0.230 e. The zero-order valence-electron chi connectivity index (χ0n) is 15.9. The third-order valence-corrected chi connectivity index (χ3v) is 5.52. The van der Waals surface area contributed by atoms with Gasteiger partial charge in [0.15, 0.2) is 5.13 Å². The Morgan fingerprint density at radius 3 is 2.68 bits per heavy atom. The first-order chi connectivity index (χ1) is 13.5. The number of furan rings is 1. The summed E-state index contributed by atoms with van der Waals surface area (Å²) >= 11 is 1.41. The summed E-state index contributed by atoms with van der Waals surface area (Å²) in [5.41, 5.74) is 5.84. The first-order valence-corrected chi connectivity index (χ1v) is 9.78. The average molecular weight is 392 g/mol. The molecule has 142 valence electrons. The number of thiazole rings is 1. The molecule has 0 bridgehead atoms. The largest absolute Gasteiger partial charge is 0.497 e. The van der Waals surface area contributed by atoms with Crippen molar-refractivity contribution in [1.82, 2.24) is 4.98 Å². The molecule has 0 aliphatic rings. The molecule has 1 amide bonds. The number of hydrogen-bond donors (Lipinski definition) is 1. The van der Waals surface area contributed by atoms with E-state index >= 15 is 0 Å². The number of nitrogens with zero attached hydrogens (tertiary/aromatic N) is 1. The van der Waals surface area contributed by atoms with Gasteiger partial charge in [-0.15, -0.1) is 11.3 Å². The molecule has 2 aromatic heterocycles. The lowest BCUT2D eigenvalue weighted by molar-refractivity contribution is -0.115. The topological polar surface area (TPSA) is 64.4 Å². The zero-order valence-corrected chi connectivity index (χ0v) is 16.7. The first kappa shape index (κ1) is 18.3. The molecule has 0 aliphatic heterocycles. The number of anilines is 1. The Kier molecular flexibility index (Phi) is 4.88. The molecule has 0 aliphatic carbocycles. The van der Waals surface area contributed by atoms with Crippen LogP contribution in [0.25, 0.3) is 22.2 Å². The fourth-order valence-electron chi connectivity index (χ4n) is 3.04. The van der Waals surface area contributed by atoms with Gasteiger partial charge in [0.2, 0.25) is 5.91 Å². The van der Waals surface area contributed by atoms with E-state index in [1.54, 1.807) is 13.4 Å². The maximum atomic E-state index is 12.5. The van der Waals surface area contributed by atoms with Crippen molar-refractivity contribution in [2.45, 2.75) is 20.3 Å². The van der Waals surface area contributed by atoms with Gasteiger partial charge in [-0.2, -0.15) is 0 Å². The van der Waals surface area contributed by atoms with Gasteiger partial charge in [0.25, 0.3) is 0 Å². The SMILES string of the molecule is COc1ccc(-c2csc(NC(=O)Cc3coc4cc(C)c(C)cc34)n2)cc1. The minimum Gasteiger partial charge on any atom is -0.497 e. The lowest BCUT2D eigenvalue weighted by atomic mass is 10.0. The molecule has 2 aromatic carbocycles. The van der Waals surface area contributed by atoms with Crippen LogP contribution in [0.5, 0.6) is 5.75 Å². The molecule has 0 atom stereocenters. The highest BCUT2D eigenvalue weighted by molar-refractivity contribution is 7.14. The quantitative estimate of drug-likeness (QED) is 0.496. The summed E-state index contributed by atoms with van der Waals surface area (Å²) in [4.78, 5) is 17.0. The van der Waals surface area contributed by atoms with Gasteiger partial charge in [-0.1, -0.05) is 0 Å². The molecule has 0 unspecified atom stereocenters. The summed E-state index contributed by atoms with van der Waals surface area (Å²) in [6.07, 6.45) is 1.90. The maximum absolute atomic E-state index is 12.5. The molecular formula is C22H20N2O3S. The van der Waals surface area contributed by atoms with Gasteiger partial charge < -0.3 is 14.5 Å². The van der Waals surface area contributed by atoms with Crippen LogP contribution < -0.4 is 10.1 Å². The Bertz CT molecular complexity index is 1140. The molecule has 1 N–H and O–H groups in total. The van der Waals surface area contributed by atoms with E-state index < -0.39 is 0 Å². The molecule has 2 heterocycles. The summed E-state index contributed by atoms with van der Waals surface area (Å²) in [5.74, 6) is 0.682. The van der Waals surface area contributed by atoms with Crippen molar-refractivity contribution in [2.24, 2.45) is 0 Å². The fourth-order valence-corrected chi connectivity index (χ4v) is 3.77. The normalized spacial score (nSPS) is 11.0. The number of rotatable bonds is 5. The van der Waals surface area contributed by atoms with Gasteiger partial charge in [0.1, 0.15) is 11.3 Å². The number of methoxy groups -OCH3 is 1. The summed E-state index contributed by atoms with van der Waals surface area (Å²) in [6.45, 7) is 4.11. The number of hydrogen-bond acceptors (Lipinski definition) is 5. The number of benzene rings is 2. The van der Waals surface area contributed by atoms with Gasteiger partial charge in [-0.3, -0.25) is 4.79 Å². The molecule has 0 radical (unpaired) electrons. The Hall–Kier alpha value is -3.12. The zero-order chi connectivity index (χ0) is 19.7. The fraction of sp³-hybridized carbons (Fsp3) is 0.182. The molecule has 4 aromatic rings. The molecule has 28 heavy (non-hydrogen) atoms. The van der Waals surface area contributed by atoms with E-state index in [1.807, 2.05) is 42.6 Å². The highest BCUT2D eigenvalue weighted by Gasteiger charge is 2.13. The lowest BCUT2D eigenvalue weighted by Gasteiger charge is -2.03. The molecule has 6 heteroatoms. The van der Waals surface area contributed by atoms with Crippen LogP contribution in [0.15, 0.2) is 52.5 Å². The van der Waals surface area contributed by atoms with Gasteiger partial charge in [-0.25, -0.2) is 4.98 Å². The number of aromatic nitrogens is 1. The van der Waals surface area contributed by atoms with Crippen molar-refractivity contribution in [1.29, 1.82) is 0 Å². The van der Waals surface area contributed by atoms with Crippen molar-refractivity contribution < 1.29 is 13.9 Å². The number of fused-ring (bicyclic) bond motifs is 1. The monoisotopic (exact) mass is 392 g/mol. The van der Waals surface area contributed by atoms with E-state index in [4.69, 9.17) is 9.15 Å². The smallest absolute Gasteiger partial charge is 0.230 e. The molecule has 0 saturated carbocycles.